The maximum atomic E-state index is 11.4. The highest BCUT2D eigenvalue weighted by molar-refractivity contribution is 6.15. The highest BCUT2D eigenvalue weighted by Gasteiger charge is 2.22. The molecule has 0 spiro atoms. The first-order chi connectivity index (χ1) is 15.2. The molecule has 8 nitrogen and oxygen atoms in total. The van der Waals surface area contributed by atoms with Gasteiger partial charge in [-0.1, -0.05) is 5.16 Å². The molecule has 8 heteroatoms. The summed E-state index contributed by atoms with van der Waals surface area (Å²) in [4.78, 5) is 41.2. The Morgan fingerprint density at radius 3 is 1.81 bits per heavy atom. The Bertz CT molecular complexity index is 1010. The number of hydrogen-bond acceptors (Lipinski definition) is 7. The molecule has 0 N–H and O–H groups in total. The summed E-state index contributed by atoms with van der Waals surface area (Å²) in [6.45, 7) is 4.85. The lowest BCUT2D eigenvalue weighted by molar-refractivity contribution is -0.132. The van der Waals surface area contributed by atoms with E-state index in [-0.39, 0.29) is 24.5 Å². The topological polar surface area (TPSA) is 94.5 Å². The fourth-order valence-corrected chi connectivity index (χ4v) is 3.43. The van der Waals surface area contributed by atoms with Gasteiger partial charge in [-0.2, -0.15) is 0 Å². The van der Waals surface area contributed by atoms with Crippen molar-refractivity contribution < 1.29 is 28.7 Å². The van der Waals surface area contributed by atoms with E-state index < -0.39 is 0 Å². The van der Waals surface area contributed by atoms with Crippen LogP contribution in [0.5, 0.6) is 11.5 Å². The lowest BCUT2D eigenvalue weighted by atomic mass is 9.98. The quantitative estimate of drug-likeness (QED) is 0.298. The Kier molecular flexibility index (Phi) is 7.25. The van der Waals surface area contributed by atoms with Gasteiger partial charge in [0.25, 0.3) is 0 Å². The van der Waals surface area contributed by atoms with Gasteiger partial charge < -0.3 is 19.2 Å². The van der Waals surface area contributed by atoms with Crippen LogP contribution < -0.4 is 9.47 Å². The van der Waals surface area contributed by atoms with Gasteiger partial charge in [-0.15, -0.1) is 0 Å². The first-order valence-corrected chi connectivity index (χ1v) is 10.3. The van der Waals surface area contributed by atoms with Crippen LogP contribution in [-0.2, 0) is 32.1 Å². The van der Waals surface area contributed by atoms with E-state index >= 15 is 0 Å². The molecule has 1 aliphatic carbocycles. The largest absolute Gasteiger partial charge is 0.427 e. The molecule has 2 aromatic carbocycles. The Hall–Kier alpha value is -3.68. The molecule has 0 fully saturated rings. The van der Waals surface area contributed by atoms with Crippen molar-refractivity contribution in [2.75, 3.05) is 20.2 Å². The second-order valence-corrected chi connectivity index (χ2v) is 7.54. The Labute approximate surface area is 186 Å². The molecule has 0 atom stereocenters. The van der Waals surface area contributed by atoms with Crippen molar-refractivity contribution in [3.8, 4) is 11.5 Å². The molecule has 168 valence electrons. The van der Waals surface area contributed by atoms with E-state index in [2.05, 4.69) is 5.16 Å². The molecule has 0 unspecified atom stereocenters. The van der Waals surface area contributed by atoms with Crippen molar-refractivity contribution in [2.24, 2.45) is 5.16 Å². The molecule has 0 bridgehead atoms. The molecule has 0 aromatic heterocycles. The van der Waals surface area contributed by atoms with Crippen LogP contribution in [0.1, 0.15) is 43.0 Å². The van der Waals surface area contributed by atoms with Crippen molar-refractivity contribution in [1.82, 2.24) is 4.90 Å². The van der Waals surface area contributed by atoms with E-state index in [9.17, 15) is 14.4 Å². The average molecular weight is 438 g/mol. The van der Waals surface area contributed by atoms with Gasteiger partial charge >= 0.3 is 11.9 Å². The summed E-state index contributed by atoms with van der Waals surface area (Å²) >= 11 is 0. The summed E-state index contributed by atoms with van der Waals surface area (Å²) in [5, 5.41) is 4.40. The first-order valence-electron chi connectivity index (χ1n) is 10.3. The van der Waals surface area contributed by atoms with Gasteiger partial charge in [0.15, 0.2) is 0 Å². The Morgan fingerprint density at radius 2 is 1.38 bits per heavy atom. The molecule has 1 aliphatic rings. The van der Waals surface area contributed by atoms with E-state index in [1.54, 1.807) is 24.1 Å². The summed E-state index contributed by atoms with van der Waals surface area (Å²) in [7, 11) is 1.70. The number of hydrogen-bond donors (Lipinski definition) is 0. The van der Waals surface area contributed by atoms with E-state index in [0.29, 0.717) is 36.6 Å². The average Bonchev–Trinajstić information content (AvgIpc) is 2.86. The summed E-state index contributed by atoms with van der Waals surface area (Å²) in [6, 6.07) is 10.8. The van der Waals surface area contributed by atoms with Gasteiger partial charge in [0.1, 0.15) is 23.8 Å². The van der Waals surface area contributed by atoms with E-state index in [0.717, 1.165) is 22.3 Å². The number of fused-ring (bicyclic) bond motifs is 2. The van der Waals surface area contributed by atoms with Gasteiger partial charge in [0.05, 0.1) is 6.54 Å². The maximum absolute atomic E-state index is 11.4. The smallest absolute Gasteiger partial charge is 0.308 e. The second kappa shape index (κ2) is 10.1. The van der Waals surface area contributed by atoms with E-state index in [1.165, 1.54) is 20.8 Å². The third-order valence-corrected chi connectivity index (χ3v) is 5.06. The monoisotopic (exact) mass is 438 g/mol. The fraction of sp³-hybridized carbons (Fsp3) is 0.333. The maximum Gasteiger partial charge on any atom is 0.308 e. The van der Waals surface area contributed by atoms with Crippen LogP contribution in [0, 0.1) is 0 Å². The normalized spacial score (nSPS) is 12.1. The minimum Gasteiger partial charge on any atom is -0.427 e. The number of nitrogens with zero attached hydrogens (tertiary/aromatic N) is 2. The fourth-order valence-electron chi connectivity index (χ4n) is 3.43. The van der Waals surface area contributed by atoms with Gasteiger partial charge in [0.2, 0.25) is 5.91 Å². The second-order valence-electron chi connectivity index (χ2n) is 7.54. The molecular formula is C24H26N2O6. The van der Waals surface area contributed by atoms with Crippen LogP contribution >= 0.6 is 0 Å². The lowest BCUT2D eigenvalue weighted by Crippen LogP contribution is -2.27. The van der Waals surface area contributed by atoms with E-state index in [4.69, 9.17) is 14.3 Å². The number of carbonyl (C=O) groups excluding carboxylic acids is 3. The third kappa shape index (κ3) is 5.72. The molecule has 3 rings (SSSR count). The summed E-state index contributed by atoms with van der Waals surface area (Å²) in [5.41, 5.74) is 4.26. The number of likely N-dealkylation sites (N-methyl/N-ethyl adjacent to an activating group) is 1. The summed E-state index contributed by atoms with van der Waals surface area (Å²) in [5.74, 6) is 0.0964. The van der Waals surface area contributed by atoms with Gasteiger partial charge in [-0.3, -0.25) is 14.4 Å². The molecule has 32 heavy (non-hydrogen) atoms. The van der Waals surface area contributed by atoms with Crippen molar-refractivity contribution in [3.63, 3.8) is 0 Å². The minimum atomic E-state index is -0.389. The Morgan fingerprint density at radius 1 is 0.875 bits per heavy atom. The number of esters is 2. The summed E-state index contributed by atoms with van der Waals surface area (Å²) < 4.78 is 10.5. The number of oxime groups is 1. The SMILES string of the molecule is CC(=O)Oc1ccc2c(c1)CCc1cc(OC(C)=O)ccc1C2=NOCCN(C)C(C)=O. The molecule has 0 heterocycles. The number of ether oxygens (including phenoxy) is 2. The standard InChI is InChI=1S/C24H26N2O6/c1-15(27)26(4)11-12-30-25-24-22-9-7-20(31-16(2)28)13-18(22)5-6-19-14-21(32-17(3)29)8-10-23(19)24/h7-10,13-14H,5-6,11-12H2,1-4H3. The van der Waals surface area contributed by atoms with Crippen LogP contribution in [0.25, 0.3) is 0 Å². The zero-order chi connectivity index (χ0) is 23.3. The van der Waals surface area contributed by atoms with Crippen molar-refractivity contribution >= 4 is 23.6 Å². The van der Waals surface area contributed by atoms with Crippen LogP contribution in [0.15, 0.2) is 41.6 Å². The highest BCUT2D eigenvalue weighted by atomic mass is 16.6. The predicted octanol–water partition coefficient (Wildman–Crippen LogP) is 2.88. The van der Waals surface area contributed by atoms with Crippen molar-refractivity contribution in [3.05, 3.63) is 58.7 Å². The van der Waals surface area contributed by atoms with E-state index in [1.807, 2.05) is 24.3 Å². The molecule has 2 aromatic rings. The van der Waals surface area contributed by atoms with Crippen LogP contribution in [-0.4, -0.2) is 48.7 Å². The molecule has 0 aliphatic heterocycles. The van der Waals surface area contributed by atoms with Crippen molar-refractivity contribution in [1.29, 1.82) is 0 Å². The minimum absolute atomic E-state index is 0.0533. The number of rotatable bonds is 6. The van der Waals surface area contributed by atoms with Gasteiger partial charge in [-0.05, 0) is 60.4 Å². The summed E-state index contributed by atoms with van der Waals surface area (Å²) in [6.07, 6.45) is 1.35. The molecule has 1 amide bonds. The number of benzene rings is 2. The van der Waals surface area contributed by atoms with Crippen LogP contribution in [0.4, 0.5) is 0 Å². The molecule has 0 radical (unpaired) electrons. The predicted molar refractivity (Wildman–Crippen MR) is 118 cm³/mol. The number of amides is 1. The highest BCUT2D eigenvalue weighted by Crippen LogP contribution is 2.30. The lowest BCUT2D eigenvalue weighted by Gasteiger charge is -2.15. The first kappa shape index (κ1) is 23.0. The van der Waals surface area contributed by atoms with Crippen LogP contribution in [0.2, 0.25) is 0 Å². The zero-order valence-corrected chi connectivity index (χ0v) is 18.6. The molecule has 0 saturated carbocycles. The molecule has 0 saturated heterocycles. The third-order valence-electron chi connectivity index (χ3n) is 5.06. The molecular weight excluding hydrogens is 412 g/mol. The number of aryl methyl sites for hydroxylation is 2. The Balaban J connectivity index is 1.97. The van der Waals surface area contributed by atoms with Crippen molar-refractivity contribution in [2.45, 2.75) is 33.6 Å². The van der Waals surface area contributed by atoms with Gasteiger partial charge in [0, 0.05) is 38.9 Å². The van der Waals surface area contributed by atoms with Gasteiger partial charge in [-0.25, -0.2) is 0 Å². The zero-order valence-electron chi connectivity index (χ0n) is 18.6. The van der Waals surface area contributed by atoms with Crippen LogP contribution in [0.3, 0.4) is 0 Å². The number of carbonyl (C=O) groups is 3.